The number of H-pyrrole nitrogens is 1. The van der Waals surface area contributed by atoms with Crippen molar-refractivity contribution < 1.29 is 0 Å². The average Bonchev–Trinajstić information content (AvgIpc) is 2.82. The van der Waals surface area contributed by atoms with Crippen LogP contribution in [-0.4, -0.2) is 10.2 Å². The Balaban J connectivity index is 2.44. The normalized spacial score (nSPS) is 12.8. The summed E-state index contributed by atoms with van der Waals surface area (Å²) in [5.41, 5.74) is 11.2. The molecule has 1 aromatic heterocycles. The lowest BCUT2D eigenvalue weighted by molar-refractivity contribution is 0.821. The molecule has 20 heavy (non-hydrogen) atoms. The van der Waals surface area contributed by atoms with Crippen LogP contribution in [-0.2, 0) is 0 Å². The zero-order chi connectivity index (χ0) is 14.3. The number of fused-ring (bicyclic) bond motifs is 1. The Bertz CT molecular complexity index is 760. The Hall–Kier alpha value is -1.84. The fourth-order valence-corrected chi connectivity index (χ4v) is 2.95. The van der Waals surface area contributed by atoms with Gasteiger partial charge in [-0.15, -0.1) is 0 Å². The third kappa shape index (κ3) is 1.99. The van der Waals surface area contributed by atoms with Crippen molar-refractivity contribution in [3.05, 3.63) is 52.7 Å². The minimum absolute atomic E-state index is 0.101. The molecule has 3 rings (SSSR count). The summed E-state index contributed by atoms with van der Waals surface area (Å²) in [7, 11) is 0. The molecular weight excluding hydrogens is 270 g/mol. The van der Waals surface area contributed by atoms with E-state index in [0.29, 0.717) is 5.02 Å². The van der Waals surface area contributed by atoms with Crippen LogP contribution >= 0.6 is 11.6 Å². The molecule has 0 fully saturated rings. The Morgan fingerprint density at radius 2 is 1.95 bits per heavy atom. The van der Waals surface area contributed by atoms with Gasteiger partial charge in [-0.3, -0.25) is 5.10 Å². The van der Waals surface area contributed by atoms with E-state index in [0.717, 1.165) is 33.3 Å². The minimum Gasteiger partial charge on any atom is -0.324 e. The molecular formula is C16H16ClN3. The van der Waals surface area contributed by atoms with Crippen LogP contribution in [0.3, 0.4) is 0 Å². The lowest BCUT2D eigenvalue weighted by Gasteiger charge is -2.15. The van der Waals surface area contributed by atoms with Crippen molar-refractivity contribution in [1.29, 1.82) is 0 Å². The van der Waals surface area contributed by atoms with E-state index in [1.165, 1.54) is 0 Å². The first-order chi connectivity index (χ1) is 9.59. The van der Waals surface area contributed by atoms with Crippen LogP contribution in [0.5, 0.6) is 0 Å². The number of hydrogen-bond donors (Lipinski definition) is 2. The summed E-state index contributed by atoms with van der Waals surface area (Å²) in [5.74, 6) is 0. The smallest absolute Gasteiger partial charge is 0.0749 e. The Kier molecular flexibility index (Phi) is 3.24. The third-order valence-corrected chi connectivity index (χ3v) is 3.86. The van der Waals surface area contributed by atoms with Gasteiger partial charge in [-0.1, -0.05) is 41.9 Å². The van der Waals surface area contributed by atoms with E-state index in [1.54, 1.807) is 0 Å². The SMILES string of the molecule is Cc1n[nH]c2c(-c3ccccc3)c(C(C)N)cc(Cl)c12. The van der Waals surface area contributed by atoms with E-state index < -0.39 is 0 Å². The lowest BCUT2D eigenvalue weighted by atomic mass is 9.93. The van der Waals surface area contributed by atoms with Gasteiger partial charge in [0.05, 0.1) is 16.2 Å². The Labute approximate surface area is 122 Å². The second-order valence-corrected chi connectivity index (χ2v) is 5.44. The van der Waals surface area contributed by atoms with Crippen molar-refractivity contribution in [3.63, 3.8) is 0 Å². The van der Waals surface area contributed by atoms with E-state index in [-0.39, 0.29) is 6.04 Å². The van der Waals surface area contributed by atoms with Crippen molar-refractivity contribution in [2.24, 2.45) is 5.73 Å². The number of nitrogens with one attached hydrogen (secondary N) is 1. The summed E-state index contributed by atoms with van der Waals surface area (Å²) in [6.45, 7) is 3.91. The predicted octanol–water partition coefficient (Wildman–Crippen LogP) is 4.21. The van der Waals surface area contributed by atoms with Gasteiger partial charge < -0.3 is 5.73 Å². The quantitative estimate of drug-likeness (QED) is 0.741. The third-order valence-electron chi connectivity index (χ3n) is 3.56. The fourth-order valence-electron chi connectivity index (χ4n) is 2.61. The van der Waals surface area contributed by atoms with Crippen molar-refractivity contribution >= 4 is 22.5 Å². The predicted molar refractivity (Wildman–Crippen MR) is 83.9 cm³/mol. The van der Waals surface area contributed by atoms with Gasteiger partial charge in [-0.25, -0.2) is 0 Å². The molecule has 0 radical (unpaired) electrons. The molecule has 2 aromatic carbocycles. The fraction of sp³-hybridized carbons (Fsp3) is 0.188. The number of aromatic nitrogens is 2. The van der Waals surface area contributed by atoms with Crippen LogP contribution in [0.4, 0.5) is 0 Å². The Morgan fingerprint density at radius 3 is 2.60 bits per heavy atom. The first-order valence-electron chi connectivity index (χ1n) is 6.57. The first kappa shape index (κ1) is 13.2. The van der Waals surface area contributed by atoms with E-state index in [4.69, 9.17) is 17.3 Å². The average molecular weight is 286 g/mol. The van der Waals surface area contributed by atoms with E-state index in [1.807, 2.05) is 38.1 Å². The molecule has 4 heteroatoms. The molecule has 3 aromatic rings. The van der Waals surface area contributed by atoms with Gasteiger partial charge in [0, 0.05) is 17.0 Å². The molecule has 0 bridgehead atoms. The van der Waals surface area contributed by atoms with Crippen LogP contribution in [0.25, 0.3) is 22.0 Å². The van der Waals surface area contributed by atoms with Crippen LogP contribution in [0.1, 0.15) is 24.2 Å². The van der Waals surface area contributed by atoms with Crippen LogP contribution in [0.2, 0.25) is 5.02 Å². The van der Waals surface area contributed by atoms with Gasteiger partial charge in [0.15, 0.2) is 0 Å². The highest BCUT2D eigenvalue weighted by Gasteiger charge is 2.18. The van der Waals surface area contributed by atoms with E-state index in [9.17, 15) is 0 Å². The highest BCUT2D eigenvalue weighted by atomic mass is 35.5. The number of halogens is 1. The largest absolute Gasteiger partial charge is 0.324 e. The van der Waals surface area contributed by atoms with Crippen LogP contribution < -0.4 is 5.73 Å². The summed E-state index contributed by atoms with van der Waals surface area (Å²) in [5, 5.41) is 9.05. The molecule has 0 aliphatic rings. The maximum absolute atomic E-state index is 6.40. The number of benzene rings is 2. The van der Waals surface area contributed by atoms with Crippen molar-refractivity contribution in [3.8, 4) is 11.1 Å². The molecule has 0 amide bonds. The molecule has 0 saturated heterocycles. The van der Waals surface area contributed by atoms with Gasteiger partial charge >= 0.3 is 0 Å². The van der Waals surface area contributed by atoms with Crippen LogP contribution in [0.15, 0.2) is 36.4 Å². The van der Waals surface area contributed by atoms with Gasteiger partial charge in [0.25, 0.3) is 0 Å². The zero-order valence-electron chi connectivity index (χ0n) is 11.4. The summed E-state index contributed by atoms with van der Waals surface area (Å²) in [4.78, 5) is 0. The second-order valence-electron chi connectivity index (χ2n) is 5.04. The summed E-state index contributed by atoms with van der Waals surface area (Å²) in [6.07, 6.45) is 0. The lowest BCUT2D eigenvalue weighted by Crippen LogP contribution is -2.07. The number of nitrogens with two attached hydrogens (primary N) is 1. The maximum atomic E-state index is 6.40. The van der Waals surface area contributed by atoms with Gasteiger partial charge in [0.1, 0.15) is 0 Å². The second kappa shape index (κ2) is 4.93. The molecule has 1 atom stereocenters. The monoisotopic (exact) mass is 285 g/mol. The highest BCUT2D eigenvalue weighted by Crippen LogP contribution is 2.38. The molecule has 0 aliphatic carbocycles. The van der Waals surface area contributed by atoms with E-state index in [2.05, 4.69) is 22.3 Å². The standard InChI is InChI=1S/C16H16ClN3/c1-9(18)12-8-13(17)14-10(2)19-20-16(14)15(12)11-6-4-3-5-7-11/h3-9H,18H2,1-2H3,(H,19,20). The summed E-state index contributed by atoms with van der Waals surface area (Å²) >= 11 is 6.40. The van der Waals surface area contributed by atoms with Crippen molar-refractivity contribution in [2.45, 2.75) is 19.9 Å². The Morgan fingerprint density at radius 1 is 1.25 bits per heavy atom. The highest BCUT2D eigenvalue weighted by molar-refractivity contribution is 6.36. The number of aromatic amines is 1. The maximum Gasteiger partial charge on any atom is 0.0749 e. The molecule has 102 valence electrons. The molecule has 0 aliphatic heterocycles. The van der Waals surface area contributed by atoms with Crippen molar-refractivity contribution in [1.82, 2.24) is 10.2 Å². The number of aryl methyl sites for hydroxylation is 1. The molecule has 0 saturated carbocycles. The molecule has 3 nitrogen and oxygen atoms in total. The summed E-state index contributed by atoms with van der Waals surface area (Å²) in [6, 6.07) is 12.0. The minimum atomic E-state index is -0.101. The first-order valence-corrected chi connectivity index (χ1v) is 6.95. The molecule has 3 N–H and O–H groups in total. The molecule has 0 spiro atoms. The van der Waals surface area contributed by atoms with Crippen molar-refractivity contribution in [2.75, 3.05) is 0 Å². The molecule has 1 unspecified atom stereocenters. The number of rotatable bonds is 2. The topological polar surface area (TPSA) is 54.7 Å². The van der Waals surface area contributed by atoms with Gasteiger partial charge in [-0.05, 0) is 31.0 Å². The number of nitrogens with zero attached hydrogens (tertiary/aromatic N) is 1. The van der Waals surface area contributed by atoms with Crippen LogP contribution in [0, 0.1) is 6.92 Å². The number of hydrogen-bond acceptors (Lipinski definition) is 2. The van der Waals surface area contributed by atoms with Gasteiger partial charge in [0.2, 0.25) is 0 Å². The van der Waals surface area contributed by atoms with Gasteiger partial charge in [-0.2, -0.15) is 5.10 Å². The summed E-state index contributed by atoms with van der Waals surface area (Å²) < 4.78 is 0. The van der Waals surface area contributed by atoms with E-state index >= 15 is 0 Å². The molecule has 1 heterocycles. The zero-order valence-corrected chi connectivity index (χ0v) is 12.2.